The van der Waals surface area contributed by atoms with Crippen LogP contribution in [0.3, 0.4) is 0 Å². The Bertz CT molecular complexity index is 263. The molecule has 0 rings (SSSR count). The van der Waals surface area contributed by atoms with Gasteiger partial charge in [-0.15, -0.1) is 0 Å². The molecule has 68 valence electrons. The van der Waals surface area contributed by atoms with E-state index in [-0.39, 0.29) is 0 Å². The van der Waals surface area contributed by atoms with Gasteiger partial charge in [-0.25, -0.2) is 0 Å². The second kappa shape index (κ2) is 4.64. The maximum atomic E-state index is 10.8. The van der Waals surface area contributed by atoms with Gasteiger partial charge in [-0.05, 0) is 13.8 Å². The van der Waals surface area contributed by atoms with Crippen LogP contribution in [0.5, 0.6) is 0 Å². The Labute approximate surface area is 76.3 Å². The van der Waals surface area contributed by atoms with E-state index >= 15 is 0 Å². The summed E-state index contributed by atoms with van der Waals surface area (Å²) in [5.74, 6) is -5.19. The monoisotopic (exact) mass is 180 g/mol. The third-order valence-corrected chi connectivity index (χ3v) is 1.29. The summed E-state index contributed by atoms with van der Waals surface area (Å²) in [7, 11) is 0. The molecular formula is C9H8O4. The van der Waals surface area contributed by atoms with E-state index in [1.54, 1.807) is 0 Å². The molecule has 4 nitrogen and oxygen atoms in total. The fraction of sp³-hybridized carbons (Fsp3) is 0.333. The molecule has 13 heavy (non-hydrogen) atoms. The van der Waals surface area contributed by atoms with Crippen LogP contribution in [0, 0.1) is 19.8 Å². The van der Waals surface area contributed by atoms with Crippen LogP contribution in [0.15, 0.2) is 0 Å². The van der Waals surface area contributed by atoms with Crippen LogP contribution in [0.4, 0.5) is 0 Å². The molecule has 0 aliphatic heterocycles. The quantitative estimate of drug-likeness (QED) is 0.430. The van der Waals surface area contributed by atoms with Crippen molar-refractivity contribution in [2.75, 3.05) is 0 Å². The maximum absolute atomic E-state index is 10.8. The first-order valence-electron chi connectivity index (χ1n) is 3.48. The zero-order chi connectivity index (χ0) is 10.6. The Morgan fingerprint density at radius 1 is 1.08 bits per heavy atom. The molecule has 0 amide bonds. The van der Waals surface area contributed by atoms with Crippen molar-refractivity contribution in [2.24, 2.45) is 5.92 Å². The highest BCUT2D eigenvalue weighted by Crippen LogP contribution is 1.98. The van der Waals surface area contributed by atoms with Gasteiger partial charge in [-0.2, -0.15) is 0 Å². The van der Waals surface area contributed by atoms with Crippen LogP contribution in [-0.2, 0) is 19.2 Å². The van der Waals surface area contributed by atoms with Gasteiger partial charge in [0.15, 0.2) is 5.78 Å². The number of ketones is 4. The Hall–Kier alpha value is -1.32. The minimum absolute atomic E-state index is 0.751. The second-order valence-corrected chi connectivity index (χ2v) is 2.47. The zero-order valence-corrected chi connectivity index (χ0v) is 7.07. The van der Waals surface area contributed by atoms with Crippen molar-refractivity contribution in [3.63, 3.8) is 0 Å². The van der Waals surface area contributed by atoms with Crippen LogP contribution >= 0.6 is 0 Å². The molecule has 0 N–H and O–H groups in total. The van der Waals surface area contributed by atoms with E-state index in [4.69, 9.17) is 13.8 Å². The standard InChI is InChI=1S/C9H8O4/c1-5(2)9(13)8(12)4-7(11)6(3)10/h1-2,5H,4H2,3H3. The minimum Gasteiger partial charge on any atom is -0.291 e. The highest BCUT2D eigenvalue weighted by molar-refractivity contribution is 6.48. The third-order valence-electron chi connectivity index (χ3n) is 1.29. The van der Waals surface area contributed by atoms with E-state index in [0.29, 0.717) is 0 Å². The molecule has 0 aliphatic carbocycles. The smallest absolute Gasteiger partial charge is 0.206 e. The van der Waals surface area contributed by atoms with Crippen LogP contribution in [0.2, 0.25) is 0 Å². The van der Waals surface area contributed by atoms with E-state index in [1.165, 1.54) is 0 Å². The highest BCUT2D eigenvalue weighted by Gasteiger charge is 2.22. The van der Waals surface area contributed by atoms with E-state index in [2.05, 4.69) is 0 Å². The van der Waals surface area contributed by atoms with Gasteiger partial charge in [-0.1, -0.05) is 0 Å². The van der Waals surface area contributed by atoms with Gasteiger partial charge in [0, 0.05) is 12.8 Å². The predicted octanol–water partition coefficient (Wildman–Crippen LogP) is -0.289. The summed E-state index contributed by atoms with van der Waals surface area (Å²) >= 11 is 0. The van der Waals surface area contributed by atoms with Gasteiger partial charge in [0.2, 0.25) is 17.3 Å². The number of carbonyl (C=O) groups excluding carboxylic acids is 4. The van der Waals surface area contributed by atoms with Crippen molar-refractivity contribution >= 4 is 23.1 Å². The first-order valence-corrected chi connectivity index (χ1v) is 3.48. The fourth-order valence-corrected chi connectivity index (χ4v) is 0.543. The fourth-order valence-electron chi connectivity index (χ4n) is 0.543. The molecule has 0 aromatic carbocycles. The van der Waals surface area contributed by atoms with E-state index < -0.39 is 35.5 Å². The molecule has 0 saturated heterocycles. The average Bonchev–Trinajstić information content (AvgIpc) is 2.02. The molecular weight excluding hydrogens is 172 g/mol. The van der Waals surface area contributed by atoms with Crippen molar-refractivity contribution < 1.29 is 19.2 Å². The number of hydrogen-bond acceptors (Lipinski definition) is 4. The summed E-state index contributed by atoms with van der Waals surface area (Å²) in [6.45, 7) is 10.8. The Morgan fingerprint density at radius 2 is 1.54 bits per heavy atom. The number of rotatable bonds is 5. The Balaban J connectivity index is 4.25. The van der Waals surface area contributed by atoms with Crippen LogP contribution in [-0.4, -0.2) is 23.1 Å². The summed E-state index contributed by atoms with van der Waals surface area (Å²) in [6.07, 6.45) is -0.751. The lowest BCUT2D eigenvalue weighted by Gasteiger charge is -1.99. The molecule has 4 radical (unpaired) electrons. The van der Waals surface area contributed by atoms with E-state index in [0.717, 1.165) is 6.92 Å². The lowest BCUT2D eigenvalue weighted by atomic mass is 10.0. The number of carbonyl (C=O) groups is 4. The molecule has 0 heterocycles. The summed E-state index contributed by atoms with van der Waals surface area (Å²) in [5.41, 5.74) is 0. The van der Waals surface area contributed by atoms with Crippen molar-refractivity contribution in [3.8, 4) is 0 Å². The van der Waals surface area contributed by atoms with Crippen LogP contribution in [0.25, 0.3) is 0 Å². The van der Waals surface area contributed by atoms with Crippen molar-refractivity contribution in [3.05, 3.63) is 13.8 Å². The predicted molar refractivity (Wildman–Crippen MR) is 42.4 cm³/mol. The van der Waals surface area contributed by atoms with Crippen molar-refractivity contribution in [1.82, 2.24) is 0 Å². The van der Waals surface area contributed by atoms with E-state index in [1.807, 2.05) is 0 Å². The van der Waals surface area contributed by atoms with Crippen molar-refractivity contribution in [1.29, 1.82) is 0 Å². The SMILES string of the molecule is [CH]C([CH])C(=O)C(=O)CC(=O)C(C)=O. The summed E-state index contributed by atoms with van der Waals surface area (Å²) in [6, 6.07) is 0. The third kappa shape index (κ3) is 3.73. The molecule has 0 atom stereocenters. The molecule has 0 saturated carbocycles. The minimum atomic E-state index is -1.42. The largest absolute Gasteiger partial charge is 0.291 e. The zero-order valence-electron chi connectivity index (χ0n) is 7.07. The van der Waals surface area contributed by atoms with Crippen LogP contribution in [0.1, 0.15) is 13.3 Å². The summed E-state index contributed by atoms with van der Waals surface area (Å²) < 4.78 is 0. The maximum Gasteiger partial charge on any atom is 0.206 e. The van der Waals surface area contributed by atoms with Gasteiger partial charge in [-0.3, -0.25) is 19.2 Å². The van der Waals surface area contributed by atoms with E-state index in [9.17, 15) is 19.2 Å². The normalized spacial score (nSPS) is 9.85. The molecule has 0 aliphatic rings. The molecule has 0 aromatic rings. The van der Waals surface area contributed by atoms with Crippen molar-refractivity contribution in [2.45, 2.75) is 13.3 Å². The molecule has 0 bridgehead atoms. The summed E-state index contributed by atoms with van der Waals surface area (Å²) in [4.78, 5) is 42.6. The molecule has 0 spiro atoms. The Morgan fingerprint density at radius 3 is 1.85 bits per heavy atom. The number of hydrogen-bond donors (Lipinski definition) is 0. The van der Waals surface area contributed by atoms with Gasteiger partial charge in [0.1, 0.15) is 0 Å². The lowest BCUT2D eigenvalue weighted by molar-refractivity contribution is -0.142. The van der Waals surface area contributed by atoms with Gasteiger partial charge in [0.05, 0.1) is 6.42 Å². The first kappa shape index (κ1) is 11.7. The molecule has 0 fully saturated rings. The summed E-state index contributed by atoms with van der Waals surface area (Å²) in [5, 5.41) is 0. The second-order valence-electron chi connectivity index (χ2n) is 2.47. The highest BCUT2D eigenvalue weighted by atomic mass is 16.2. The molecule has 0 aromatic heterocycles. The van der Waals surface area contributed by atoms with Crippen LogP contribution < -0.4 is 0 Å². The average molecular weight is 180 g/mol. The molecule has 0 unspecified atom stereocenters. The Kier molecular flexibility index (Phi) is 4.17. The van der Waals surface area contributed by atoms with Gasteiger partial charge < -0.3 is 0 Å². The molecule has 4 heteroatoms. The lowest BCUT2D eigenvalue weighted by Crippen LogP contribution is -2.25. The first-order chi connectivity index (χ1) is 5.86. The van der Waals surface area contributed by atoms with Gasteiger partial charge in [0.25, 0.3) is 0 Å². The van der Waals surface area contributed by atoms with Gasteiger partial charge >= 0.3 is 0 Å². The number of Topliss-reactive ketones (excluding diaryl/α,β-unsaturated/α-hetero) is 4. The topological polar surface area (TPSA) is 68.3 Å².